The van der Waals surface area contributed by atoms with Crippen LogP contribution < -0.4 is 0 Å². The number of nitrogens with zero attached hydrogens (tertiary/aromatic N) is 1. The molecule has 0 bridgehead atoms. The van der Waals surface area contributed by atoms with Crippen molar-refractivity contribution in [3.63, 3.8) is 0 Å². The molecule has 13 heavy (non-hydrogen) atoms. The maximum absolute atomic E-state index is 11.5. The van der Waals surface area contributed by atoms with Crippen molar-refractivity contribution < 1.29 is 14.7 Å². The molecule has 1 aliphatic rings. The molecule has 68 valence electrons. The Bertz CT molecular complexity index is 341. The third-order valence-electron chi connectivity index (χ3n) is 1.94. The van der Waals surface area contributed by atoms with Gasteiger partial charge in [0.05, 0.1) is 24.3 Å². The number of β-amino-alcohol motifs (C(OH)–C–C–N with tert-alkyl or cyclic N) is 1. The number of hydrogen-bond acceptors (Lipinski definition) is 4. The fourth-order valence-electron chi connectivity index (χ4n) is 1.31. The minimum Gasteiger partial charge on any atom is -0.395 e. The highest BCUT2D eigenvalue weighted by atomic mass is 32.1. The lowest BCUT2D eigenvalue weighted by molar-refractivity contribution is 0.0624. The van der Waals surface area contributed by atoms with Crippen molar-refractivity contribution >= 4 is 23.2 Å². The van der Waals surface area contributed by atoms with Gasteiger partial charge in [0.25, 0.3) is 11.8 Å². The van der Waals surface area contributed by atoms with Gasteiger partial charge >= 0.3 is 0 Å². The molecule has 0 saturated heterocycles. The molecule has 1 aromatic rings. The van der Waals surface area contributed by atoms with Crippen LogP contribution in [0.2, 0.25) is 0 Å². The van der Waals surface area contributed by atoms with Crippen LogP contribution in [0, 0.1) is 0 Å². The van der Waals surface area contributed by atoms with Gasteiger partial charge in [-0.25, -0.2) is 0 Å². The molecule has 4 nitrogen and oxygen atoms in total. The van der Waals surface area contributed by atoms with Crippen LogP contribution >= 0.6 is 11.3 Å². The van der Waals surface area contributed by atoms with Crippen LogP contribution in [0.4, 0.5) is 0 Å². The molecule has 1 N–H and O–H groups in total. The van der Waals surface area contributed by atoms with Gasteiger partial charge in [0.15, 0.2) is 0 Å². The summed E-state index contributed by atoms with van der Waals surface area (Å²) in [5.41, 5.74) is 0.923. The summed E-state index contributed by atoms with van der Waals surface area (Å²) >= 11 is 1.34. The molecule has 1 aromatic heterocycles. The van der Waals surface area contributed by atoms with Gasteiger partial charge in [0.2, 0.25) is 0 Å². The minimum atomic E-state index is -0.296. The van der Waals surface area contributed by atoms with Gasteiger partial charge in [0.1, 0.15) is 0 Å². The molecule has 2 amide bonds. The summed E-state index contributed by atoms with van der Waals surface area (Å²) < 4.78 is 0. The number of fused-ring (bicyclic) bond motifs is 1. The van der Waals surface area contributed by atoms with Gasteiger partial charge < -0.3 is 5.11 Å². The van der Waals surface area contributed by atoms with Crippen LogP contribution in [0.25, 0.3) is 0 Å². The molecule has 0 aromatic carbocycles. The van der Waals surface area contributed by atoms with E-state index >= 15 is 0 Å². The molecule has 0 fully saturated rings. The topological polar surface area (TPSA) is 57.6 Å². The standard InChI is InChI=1S/C8H7NO3S/c10-2-1-9-7(11)5-3-13-4-6(5)8(9)12/h3-4,10H,1-2H2. The number of thiophene rings is 1. The number of amides is 2. The van der Waals surface area contributed by atoms with E-state index in [1.54, 1.807) is 10.8 Å². The number of hydrogen-bond donors (Lipinski definition) is 1. The highest BCUT2D eigenvalue weighted by Crippen LogP contribution is 2.25. The fraction of sp³-hybridized carbons (Fsp3) is 0.250. The van der Waals surface area contributed by atoms with Gasteiger partial charge in [0, 0.05) is 10.8 Å². The molecule has 0 unspecified atom stereocenters. The van der Waals surface area contributed by atoms with E-state index in [9.17, 15) is 9.59 Å². The van der Waals surface area contributed by atoms with Crippen LogP contribution in [0.3, 0.4) is 0 Å². The molecule has 0 saturated carbocycles. The SMILES string of the molecule is O=C1c2cscc2C(=O)N1CCO. The molecule has 5 heteroatoms. The molecule has 1 aliphatic heterocycles. The summed E-state index contributed by atoms with van der Waals surface area (Å²) in [7, 11) is 0. The van der Waals surface area contributed by atoms with Gasteiger partial charge in [-0.3, -0.25) is 14.5 Å². The zero-order valence-corrected chi connectivity index (χ0v) is 7.50. The number of aliphatic hydroxyl groups excluding tert-OH is 1. The second-order valence-corrected chi connectivity index (χ2v) is 3.43. The molecule has 2 rings (SSSR count). The summed E-state index contributed by atoms with van der Waals surface area (Å²) in [6.45, 7) is -0.109. The summed E-state index contributed by atoms with van der Waals surface area (Å²) in [5.74, 6) is -0.592. The number of rotatable bonds is 2. The monoisotopic (exact) mass is 197 g/mol. The first-order valence-corrected chi connectivity index (χ1v) is 4.73. The van der Waals surface area contributed by atoms with E-state index in [-0.39, 0.29) is 25.0 Å². The predicted molar refractivity (Wildman–Crippen MR) is 46.8 cm³/mol. The number of aliphatic hydroxyl groups is 1. The molecule has 2 heterocycles. The lowest BCUT2D eigenvalue weighted by Crippen LogP contribution is -2.32. The third kappa shape index (κ3) is 1.08. The number of carbonyl (C=O) groups is 2. The van der Waals surface area contributed by atoms with Gasteiger partial charge in [-0.05, 0) is 0 Å². The lowest BCUT2D eigenvalue weighted by atomic mass is 10.2. The first kappa shape index (κ1) is 8.40. The second-order valence-electron chi connectivity index (χ2n) is 2.68. The third-order valence-corrected chi connectivity index (χ3v) is 2.68. The highest BCUT2D eigenvalue weighted by molar-refractivity contribution is 7.08. The zero-order valence-electron chi connectivity index (χ0n) is 6.69. The van der Waals surface area contributed by atoms with Crippen LogP contribution in [-0.4, -0.2) is 35.0 Å². The Morgan fingerprint density at radius 2 is 1.77 bits per heavy atom. The quantitative estimate of drug-likeness (QED) is 0.695. The minimum absolute atomic E-state index is 0.0804. The van der Waals surface area contributed by atoms with E-state index in [1.807, 2.05) is 0 Å². The van der Waals surface area contributed by atoms with Crippen molar-refractivity contribution in [3.05, 3.63) is 21.9 Å². The maximum Gasteiger partial charge on any atom is 0.262 e. The van der Waals surface area contributed by atoms with Gasteiger partial charge in [-0.2, -0.15) is 11.3 Å². The second kappa shape index (κ2) is 2.93. The molecule has 0 radical (unpaired) electrons. The fourth-order valence-corrected chi connectivity index (χ4v) is 2.11. The zero-order chi connectivity index (χ0) is 9.42. The lowest BCUT2D eigenvalue weighted by Gasteiger charge is -2.10. The van der Waals surface area contributed by atoms with Crippen LogP contribution in [0.5, 0.6) is 0 Å². The summed E-state index contributed by atoms with van der Waals surface area (Å²) in [6.07, 6.45) is 0. The molecule has 0 atom stereocenters. The van der Waals surface area contributed by atoms with Crippen molar-refractivity contribution in [1.29, 1.82) is 0 Å². The molecule has 0 spiro atoms. The first-order chi connectivity index (χ1) is 6.25. The Labute approximate surface area is 78.4 Å². The van der Waals surface area contributed by atoms with E-state index in [2.05, 4.69) is 0 Å². The Kier molecular flexibility index (Phi) is 1.90. The van der Waals surface area contributed by atoms with E-state index in [0.29, 0.717) is 11.1 Å². The average molecular weight is 197 g/mol. The number of carbonyl (C=O) groups excluding carboxylic acids is 2. The van der Waals surface area contributed by atoms with Crippen molar-refractivity contribution in [2.75, 3.05) is 13.2 Å². The first-order valence-electron chi connectivity index (χ1n) is 3.79. The van der Waals surface area contributed by atoms with Gasteiger partial charge in [-0.15, -0.1) is 0 Å². The van der Waals surface area contributed by atoms with Crippen molar-refractivity contribution in [2.24, 2.45) is 0 Å². The largest absolute Gasteiger partial charge is 0.395 e. The normalized spacial score (nSPS) is 15.3. The van der Waals surface area contributed by atoms with Crippen LogP contribution in [0.1, 0.15) is 20.7 Å². The van der Waals surface area contributed by atoms with E-state index in [0.717, 1.165) is 4.90 Å². The smallest absolute Gasteiger partial charge is 0.262 e. The molecular weight excluding hydrogens is 190 g/mol. The Balaban J connectivity index is 2.37. The van der Waals surface area contributed by atoms with E-state index < -0.39 is 0 Å². The van der Waals surface area contributed by atoms with Crippen LogP contribution in [-0.2, 0) is 0 Å². The van der Waals surface area contributed by atoms with Crippen LogP contribution in [0.15, 0.2) is 10.8 Å². The molecular formula is C8H7NO3S. The van der Waals surface area contributed by atoms with Crippen molar-refractivity contribution in [3.8, 4) is 0 Å². The predicted octanol–water partition coefficient (Wildman–Crippen LogP) is 0.336. The highest BCUT2D eigenvalue weighted by Gasteiger charge is 2.35. The Hall–Kier alpha value is -1.20. The summed E-state index contributed by atoms with van der Waals surface area (Å²) in [4.78, 5) is 24.0. The van der Waals surface area contributed by atoms with E-state index in [1.165, 1.54) is 11.3 Å². The maximum atomic E-state index is 11.5. The average Bonchev–Trinajstić information content (AvgIpc) is 2.66. The van der Waals surface area contributed by atoms with Gasteiger partial charge in [-0.1, -0.05) is 0 Å². The summed E-state index contributed by atoms with van der Waals surface area (Å²) in [5, 5.41) is 12.0. The summed E-state index contributed by atoms with van der Waals surface area (Å²) in [6, 6.07) is 0. The van der Waals surface area contributed by atoms with E-state index in [4.69, 9.17) is 5.11 Å². The van der Waals surface area contributed by atoms with Crippen molar-refractivity contribution in [1.82, 2.24) is 4.90 Å². The molecule has 0 aliphatic carbocycles. The number of imide groups is 1. The Morgan fingerprint density at radius 1 is 1.23 bits per heavy atom. The Morgan fingerprint density at radius 3 is 2.23 bits per heavy atom. The van der Waals surface area contributed by atoms with Crippen molar-refractivity contribution in [2.45, 2.75) is 0 Å².